The van der Waals surface area contributed by atoms with Crippen LogP contribution in [0.4, 0.5) is 0 Å². The number of fused-ring (bicyclic) bond motifs is 9. The molecule has 278 valence electrons. The van der Waals surface area contributed by atoms with Crippen LogP contribution in [0.2, 0.25) is 0 Å². The number of rotatable bonds is 5. The highest BCUT2D eigenvalue weighted by molar-refractivity contribution is 5.96. The monoisotopic (exact) mass is 724 g/mol. The Labute approximate surface area is 323 Å². The van der Waals surface area contributed by atoms with Crippen LogP contribution in [0.25, 0.3) is 49.3 Å². The van der Waals surface area contributed by atoms with Crippen LogP contribution in [0.5, 0.6) is 0 Å². The number of hydrogen-bond donors (Lipinski definition) is 0. The molecule has 0 saturated carbocycles. The van der Waals surface area contributed by atoms with E-state index in [1.54, 1.807) is 0 Å². The van der Waals surface area contributed by atoms with Crippen molar-refractivity contribution in [2.45, 2.75) is 104 Å². The number of pyridine rings is 3. The lowest BCUT2D eigenvalue weighted by molar-refractivity contribution is 0.542. The third kappa shape index (κ3) is 5.89. The van der Waals surface area contributed by atoms with Gasteiger partial charge in [0.25, 0.3) is 0 Å². The predicted molar refractivity (Wildman–Crippen MR) is 229 cm³/mol. The highest BCUT2D eigenvalue weighted by Crippen LogP contribution is 2.40. The van der Waals surface area contributed by atoms with E-state index in [0.717, 1.165) is 39.4 Å². The third-order valence-corrected chi connectivity index (χ3v) is 11.6. The molecule has 0 aliphatic rings. The number of hydrogen-bond acceptors (Lipinski definition) is 3. The Morgan fingerprint density at radius 3 is 1.27 bits per heavy atom. The zero-order chi connectivity index (χ0) is 38.6. The minimum absolute atomic E-state index is 0.00462. The number of benzene rings is 3. The van der Waals surface area contributed by atoms with Crippen molar-refractivity contribution < 1.29 is 0 Å². The van der Waals surface area contributed by atoms with Crippen LogP contribution < -0.4 is 0 Å². The summed E-state index contributed by atoms with van der Waals surface area (Å²) in [7, 11) is 0. The number of aromatic nitrogens is 6. The Kier molecular flexibility index (Phi) is 7.85. The first-order valence-electron chi connectivity index (χ1n) is 19.8. The Balaban J connectivity index is 1.28. The van der Waals surface area contributed by atoms with Crippen LogP contribution in [0.15, 0.2) is 110 Å². The molecule has 0 bridgehead atoms. The summed E-state index contributed by atoms with van der Waals surface area (Å²) in [5, 5.41) is 7.15. The maximum atomic E-state index is 5.57. The molecule has 6 heteroatoms. The van der Waals surface area contributed by atoms with Gasteiger partial charge in [0.1, 0.15) is 16.9 Å². The molecule has 0 N–H and O–H groups in total. The molecule has 0 aliphatic heterocycles. The molecule has 2 unspecified atom stereocenters. The predicted octanol–water partition coefficient (Wildman–Crippen LogP) is 12.1. The van der Waals surface area contributed by atoms with E-state index in [1.807, 2.05) is 0 Å². The Morgan fingerprint density at radius 2 is 0.836 bits per heavy atom. The fraction of sp³-hybridized carbons (Fsp3) is 0.327. The van der Waals surface area contributed by atoms with Crippen molar-refractivity contribution in [3.63, 3.8) is 0 Å². The second-order valence-corrected chi connectivity index (χ2v) is 18.8. The fourth-order valence-corrected chi connectivity index (χ4v) is 8.68. The van der Waals surface area contributed by atoms with Crippen LogP contribution in [0, 0.1) is 0 Å². The summed E-state index contributed by atoms with van der Waals surface area (Å²) in [5.74, 6) is 0.0272. The van der Waals surface area contributed by atoms with Crippen LogP contribution >= 0.6 is 0 Å². The average molecular weight is 725 g/mol. The van der Waals surface area contributed by atoms with E-state index in [-0.39, 0.29) is 28.1 Å². The summed E-state index contributed by atoms with van der Waals surface area (Å²) >= 11 is 0. The molecule has 0 aliphatic carbocycles. The zero-order valence-corrected chi connectivity index (χ0v) is 33.9. The van der Waals surface area contributed by atoms with E-state index >= 15 is 0 Å². The molecule has 9 rings (SSSR count). The quantitative estimate of drug-likeness (QED) is 0.178. The van der Waals surface area contributed by atoms with Gasteiger partial charge in [-0.1, -0.05) is 142 Å². The van der Waals surface area contributed by atoms with Gasteiger partial charge in [-0.3, -0.25) is 0 Å². The van der Waals surface area contributed by atoms with Crippen molar-refractivity contribution in [1.29, 1.82) is 0 Å². The number of nitrogens with zero attached hydrogens (tertiary/aromatic N) is 6. The third-order valence-electron chi connectivity index (χ3n) is 11.6. The molecule has 0 fully saturated rings. The van der Waals surface area contributed by atoms with E-state index in [0.29, 0.717) is 6.42 Å². The van der Waals surface area contributed by atoms with Crippen LogP contribution in [-0.4, -0.2) is 28.2 Å². The molecule has 9 aromatic rings. The molecule has 0 radical (unpaired) electrons. The Bertz CT molecular complexity index is 2930. The smallest absolute Gasteiger partial charge is 0.145 e. The summed E-state index contributed by atoms with van der Waals surface area (Å²) in [6, 6.07) is 33.0. The molecule has 2 atom stereocenters. The minimum Gasteiger partial charge on any atom is -0.303 e. The maximum Gasteiger partial charge on any atom is 0.145 e. The maximum absolute atomic E-state index is 5.57. The second-order valence-electron chi connectivity index (χ2n) is 18.8. The lowest BCUT2D eigenvalue weighted by Gasteiger charge is -2.22. The summed E-state index contributed by atoms with van der Waals surface area (Å²) in [6.45, 7) is 22.9. The normalized spacial score (nSPS) is 14.3. The van der Waals surface area contributed by atoms with E-state index in [2.05, 4.69) is 192 Å². The van der Waals surface area contributed by atoms with Gasteiger partial charge in [-0.25, -0.2) is 15.0 Å². The second kappa shape index (κ2) is 12.3. The Morgan fingerprint density at radius 1 is 0.473 bits per heavy atom. The molecule has 6 nitrogen and oxygen atoms in total. The minimum atomic E-state index is -0.0839. The first-order chi connectivity index (χ1) is 26.1. The summed E-state index contributed by atoms with van der Waals surface area (Å²) in [5.41, 5.74) is 9.72. The molecule has 3 aromatic carbocycles. The van der Waals surface area contributed by atoms with Gasteiger partial charge >= 0.3 is 0 Å². The summed E-state index contributed by atoms with van der Waals surface area (Å²) in [4.78, 5) is 16.5. The van der Waals surface area contributed by atoms with E-state index in [1.165, 1.54) is 44.0 Å². The highest BCUT2D eigenvalue weighted by atomic mass is 15.0. The Hall–Kier alpha value is -5.49. The van der Waals surface area contributed by atoms with Gasteiger partial charge < -0.3 is 13.2 Å². The molecule has 0 spiro atoms. The zero-order valence-electron chi connectivity index (χ0n) is 33.9. The summed E-state index contributed by atoms with van der Waals surface area (Å²) < 4.78 is 7.02. The van der Waals surface area contributed by atoms with Crippen LogP contribution in [0.3, 0.4) is 0 Å². The molecule has 0 amide bonds. The van der Waals surface area contributed by atoms with E-state index < -0.39 is 0 Å². The standard InChI is InChI=1S/C49H52N6/c1-30(39-28-54-42(48(5,6)7)24-32-18-12-15-21-36(32)45(54)51-39)38(40-29-55-43(49(8,9)10)25-33-19-13-16-22-37(33)46(55)52-40)26-34-27-53-41(47(2,3)4)23-31-17-11-14-20-35(31)44(53)50-34/h11-25,27-30,38H,26H2,1-10H3. The summed E-state index contributed by atoms with van der Waals surface area (Å²) in [6.07, 6.45) is 7.60. The van der Waals surface area contributed by atoms with Crippen molar-refractivity contribution in [3.8, 4) is 0 Å². The largest absolute Gasteiger partial charge is 0.303 e. The topological polar surface area (TPSA) is 51.9 Å². The van der Waals surface area contributed by atoms with Gasteiger partial charge in [0, 0.05) is 86.3 Å². The number of imidazole rings is 3. The molecule has 6 heterocycles. The van der Waals surface area contributed by atoms with Crippen molar-refractivity contribution in [1.82, 2.24) is 28.2 Å². The van der Waals surface area contributed by atoms with Crippen molar-refractivity contribution >= 4 is 49.3 Å². The first-order valence-corrected chi connectivity index (χ1v) is 19.8. The molecular weight excluding hydrogens is 673 g/mol. The van der Waals surface area contributed by atoms with Gasteiger partial charge in [-0.15, -0.1) is 0 Å². The van der Waals surface area contributed by atoms with Gasteiger partial charge in [0.2, 0.25) is 0 Å². The molecule has 6 aromatic heterocycles. The van der Waals surface area contributed by atoms with Crippen molar-refractivity contribution in [2.75, 3.05) is 0 Å². The molecular formula is C49H52N6. The first kappa shape index (κ1) is 35.2. The van der Waals surface area contributed by atoms with Gasteiger partial charge in [0.15, 0.2) is 0 Å². The highest BCUT2D eigenvalue weighted by Gasteiger charge is 2.31. The lowest BCUT2D eigenvalue weighted by atomic mass is 9.85. The van der Waals surface area contributed by atoms with Crippen LogP contribution in [0.1, 0.15) is 115 Å². The molecule has 55 heavy (non-hydrogen) atoms. The van der Waals surface area contributed by atoms with Crippen molar-refractivity contribution in [2.24, 2.45) is 0 Å². The van der Waals surface area contributed by atoms with Gasteiger partial charge in [-0.2, -0.15) is 0 Å². The van der Waals surface area contributed by atoms with Gasteiger partial charge in [-0.05, 0) is 34.4 Å². The van der Waals surface area contributed by atoms with E-state index in [4.69, 9.17) is 15.0 Å². The van der Waals surface area contributed by atoms with Gasteiger partial charge in [0.05, 0.1) is 17.1 Å². The fourth-order valence-electron chi connectivity index (χ4n) is 8.68. The van der Waals surface area contributed by atoms with Crippen LogP contribution in [-0.2, 0) is 22.7 Å². The SMILES string of the molecule is CC(c1cn2c(C(C)(C)C)cc3ccccc3c2n1)C(Cc1cn2c(C(C)(C)C)cc3ccccc3c2n1)c1cn2c(C(C)(C)C)cc3ccccc3c2n1. The van der Waals surface area contributed by atoms with E-state index in [9.17, 15) is 0 Å². The molecule has 0 saturated heterocycles. The lowest BCUT2D eigenvalue weighted by Crippen LogP contribution is -2.16. The van der Waals surface area contributed by atoms with Crippen molar-refractivity contribution in [3.05, 3.63) is 144 Å². The average Bonchev–Trinajstić information content (AvgIpc) is 3.89.